The van der Waals surface area contributed by atoms with Crippen LogP contribution < -0.4 is 5.32 Å². The van der Waals surface area contributed by atoms with Crippen molar-refractivity contribution in [1.82, 2.24) is 5.32 Å². The van der Waals surface area contributed by atoms with Crippen LogP contribution in [0.1, 0.15) is 43.9 Å². The van der Waals surface area contributed by atoms with Gasteiger partial charge < -0.3 is 15.5 Å². The molecule has 1 amide bonds. The second kappa shape index (κ2) is 6.52. The molecular weight excluding hydrogens is 314 g/mol. The van der Waals surface area contributed by atoms with E-state index in [2.05, 4.69) is 17.4 Å². The maximum atomic E-state index is 12.7. The molecule has 4 heteroatoms. The molecule has 3 rings (SSSR count). The minimum absolute atomic E-state index is 0.0307. The summed E-state index contributed by atoms with van der Waals surface area (Å²) < 4.78 is 0. The Hall–Kier alpha value is -2.33. The number of amides is 1. The summed E-state index contributed by atoms with van der Waals surface area (Å²) in [6.07, 6.45) is 1.13. The summed E-state index contributed by atoms with van der Waals surface area (Å²) in [4.78, 5) is 12.7. The summed E-state index contributed by atoms with van der Waals surface area (Å²) in [5.74, 6) is -0.112. The van der Waals surface area contributed by atoms with Gasteiger partial charge in [-0.1, -0.05) is 42.5 Å². The van der Waals surface area contributed by atoms with E-state index in [0.29, 0.717) is 12.1 Å². The average molecular weight is 339 g/mol. The van der Waals surface area contributed by atoms with Crippen molar-refractivity contribution in [1.29, 1.82) is 0 Å². The van der Waals surface area contributed by atoms with Crippen molar-refractivity contribution in [2.45, 2.75) is 38.2 Å². The fourth-order valence-corrected chi connectivity index (χ4v) is 3.22. The lowest BCUT2D eigenvalue weighted by molar-refractivity contribution is -0.135. The Labute approximate surface area is 148 Å². The van der Waals surface area contributed by atoms with Crippen LogP contribution >= 0.6 is 0 Å². The van der Waals surface area contributed by atoms with Gasteiger partial charge in [0.25, 0.3) is 0 Å². The topological polar surface area (TPSA) is 69.6 Å². The molecule has 0 bridgehead atoms. The molecule has 4 nitrogen and oxygen atoms in total. The molecule has 0 radical (unpaired) electrons. The van der Waals surface area contributed by atoms with E-state index in [1.54, 1.807) is 32.0 Å². The predicted molar refractivity (Wildman–Crippen MR) is 97.2 cm³/mol. The zero-order valence-electron chi connectivity index (χ0n) is 14.7. The van der Waals surface area contributed by atoms with E-state index in [-0.39, 0.29) is 17.1 Å². The Morgan fingerprint density at radius 3 is 2.44 bits per heavy atom. The Balaban J connectivity index is 1.68. The average Bonchev–Trinajstić information content (AvgIpc) is 3.41. The molecule has 1 saturated carbocycles. The van der Waals surface area contributed by atoms with Crippen molar-refractivity contribution in [3.8, 4) is 5.75 Å². The van der Waals surface area contributed by atoms with Crippen molar-refractivity contribution in [2.24, 2.45) is 5.41 Å². The Morgan fingerprint density at radius 1 is 1.16 bits per heavy atom. The number of carbonyl (C=O) groups excluding carboxylic acids is 1. The first-order valence-corrected chi connectivity index (χ1v) is 8.66. The molecule has 0 aromatic heterocycles. The van der Waals surface area contributed by atoms with Crippen LogP contribution in [0.5, 0.6) is 5.75 Å². The van der Waals surface area contributed by atoms with E-state index in [0.717, 1.165) is 12.8 Å². The molecule has 1 aliphatic carbocycles. The molecule has 0 saturated heterocycles. The van der Waals surface area contributed by atoms with Crippen molar-refractivity contribution >= 4 is 5.91 Å². The normalized spacial score (nSPS) is 16.9. The summed E-state index contributed by atoms with van der Waals surface area (Å²) >= 11 is 0. The molecule has 2 aromatic carbocycles. The number of hydrogen-bond acceptors (Lipinski definition) is 3. The Morgan fingerprint density at radius 2 is 1.84 bits per heavy atom. The van der Waals surface area contributed by atoms with Crippen molar-refractivity contribution in [3.63, 3.8) is 0 Å². The van der Waals surface area contributed by atoms with Gasteiger partial charge in [-0.3, -0.25) is 4.79 Å². The van der Waals surface area contributed by atoms with Gasteiger partial charge in [-0.2, -0.15) is 0 Å². The molecule has 1 aliphatic rings. The minimum atomic E-state index is -0.999. The first-order valence-electron chi connectivity index (χ1n) is 8.66. The van der Waals surface area contributed by atoms with E-state index in [4.69, 9.17) is 0 Å². The van der Waals surface area contributed by atoms with Crippen LogP contribution in [0.3, 0.4) is 0 Å². The lowest BCUT2D eigenvalue weighted by atomic mass is 9.81. The SMILES string of the molecule is CC(C)(C(=O)NCC1(c2ccccc2)CC1)[C@H](O)c1cccc(O)c1. The summed E-state index contributed by atoms with van der Waals surface area (Å²) in [5, 5.41) is 23.3. The highest BCUT2D eigenvalue weighted by molar-refractivity contribution is 5.83. The molecule has 0 aliphatic heterocycles. The number of aromatic hydroxyl groups is 1. The van der Waals surface area contributed by atoms with Gasteiger partial charge in [0.05, 0.1) is 11.5 Å². The number of hydrogen-bond donors (Lipinski definition) is 3. The fourth-order valence-electron chi connectivity index (χ4n) is 3.22. The van der Waals surface area contributed by atoms with Gasteiger partial charge >= 0.3 is 0 Å². The molecule has 0 heterocycles. The maximum Gasteiger partial charge on any atom is 0.228 e. The Kier molecular flexibility index (Phi) is 4.56. The molecule has 132 valence electrons. The molecule has 1 fully saturated rings. The largest absolute Gasteiger partial charge is 0.508 e. The van der Waals surface area contributed by atoms with Crippen LogP contribution in [0.2, 0.25) is 0 Å². The molecule has 2 aromatic rings. The van der Waals surface area contributed by atoms with Gasteiger partial charge in [-0.05, 0) is 49.9 Å². The summed E-state index contributed by atoms with van der Waals surface area (Å²) in [7, 11) is 0. The van der Waals surface area contributed by atoms with Gasteiger partial charge in [-0.25, -0.2) is 0 Å². The van der Waals surface area contributed by atoms with Gasteiger partial charge in [0.2, 0.25) is 5.91 Å². The van der Waals surface area contributed by atoms with Crippen LogP contribution in [0.25, 0.3) is 0 Å². The number of benzene rings is 2. The number of aliphatic hydroxyl groups excluding tert-OH is 1. The number of carbonyl (C=O) groups is 1. The molecule has 1 atom stereocenters. The molecule has 25 heavy (non-hydrogen) atoms. The van der Waals surface area contributed by atoms with E-state index >= 15 is 0 Å². The molecule has 0 spiro atoms. The quantitative estimate of drug-likeness (QED) is 0.756. The monoisotopic (exact) mass is 339 g/mol. The van der Waals surface area contributed by atoms with Crippen LogP contribution in [0.4, 0.5) is 0 Å². The van der Waals surface area contributed by atoms with Crippen molar-refractivity contribution in [3.05, 3.63) is 65.7 Å². The minimum Gasteiger partial charge on any atom is -0.508 e. The number of aliphatic hydroxyl groups is 1. The summed E-state index contributed by atoms with van der Waals surface area (Å²) in [6.45, 7) is 4.02. The van der Waals surface area contributed by atoms with E-state index in [1.165, 1.54) is 11.6 Å². The summed E-state index contributed by atoms with van der Waals surface area (Å²) in [5.41, 5.74) is 0.815. The van der Waals surface area contributed by atoms with Gasteiger partial charge in [-0.15, -0.1) is 0 Å². The van der Waals surface area contributed by atoms with E-state index in [9.17, 15) is 15.0 Å². The zero-order valence-corrected chi connectivity index (χ0v) is 14.7. The first-order chi connectivity index (χ1) is 11.8. The van der Waals surface area contributed by atoms with E-state index in [1.807, 2.05) is 18.2 Å². The second-order valence-electron chi connectivity index (χ2n) is 7.55. The van der Waals surface area contributed by atoms with E-state index < -0.39 is 11.5 Å². The standard InChI is InChI=1S/C21H25NO3/c1-20(2,18(24)15-7-6-10-17(23)13-15)19(25)22-14-21(11-12-21)16-8-4-3-5-9-16/h3-10,13,18,23-24H,11-12,14H2,1-2H3,(H,22,25)/t18-/m1/s1. The lowest BCUT2D eigenvalue weighted by Gasteiger charge is -2.30. The second-order valence-corrected chi connectivity index (χ2v) is 7.55. The van der Waals surface area contributed by atoms with Crippen LogP contribution in [-0.2, 0) is 10.2 Å². The molecular formula is C21H25NO3. The lowest BCUT2D eigenvalue weighted by Crippen LogP contribution is -2.43. The number of phenols is 1. The van der Waals surface area contributed by atoms with Gasteiger partial charge in [0.1, 0.15) is 5.75 Å². The highest BCUT2D eigenvalue weighted by Crippen LogP contribution is 2.47. The molecule has 0 unspecified atom stereocenters. The smallest absolute Gasteiger partial charge is 0.228 e. The highest BCUT2D eigenvalue weighted by Gasteiger charge is 2.45. The Bertz CT molecular complexity index is 751. The van der Waals surface area contributed by atoms with Gasteiger partial charge in [0.15, 0.2) is 0 Å². The van der Waals surface area contributed by atoms with Crippen LogP contribution in [0.15, 0.2) is 54.6 Å². The van der Waals surface area contributed by atoms with Gasteiger partial charge in [0, 0.05) is 12.0 Å². The van der Waals surface area contributed by atoms with Crippen molar-refractivity contribution in [2.75, 3.05) is 6.54 Å². The third kappa shape index (κ3) is 3.54. The zero-order chi connectivity index (χ0) is 18.1. The number of rotatable bonds is 6. The highest BCUT2D eigenvalue weighted by atomic mass is 16.3. The van der Waals surface area contributed by atoms with Crippen LogP contribution in [-0.4, -0.2) is 22.7 Å². The fraction of sp³-hybridized carbons (Fsp3) is 0.381. The number of phenolic OH excluding ortho intramolecular Hbond substituents is 1. The number of nitrogens with one attached hydrogen (secondary N) is 1. The third-order valence-electron chi connectivity index (χ3n) is 5.28. The first kappa shape index (κ1) is 17.5. The van der Waals surface area contributed by atoms with Crippen LogP contribution in [0, 0.1) is 5.41 Å². The van der Waals surface area contributed by atoms with Crippen molar-refractivity contribution < 1.29 is 15.0 Å². The maximum absolute atomic E-state index is 12.7. The summed E-state index contributed by atoms with van der Waals surface area (Å²) in [6, 6.07) is 16.7. The molecule has 3 N–H and O–H groups in total. The third-order valence-corrected chi connectivity index (χ3v) is 5.28. The predicted octanol–water partition coefficient (Wildman–Crippen LogP) is 3.30.